The van der Waals surface area contributed by atoms with Gasteiger partial charge in [-0.15, -0.1) is 0 Å². The molecule has 2 heterocycles. The van der Waals surface area contributed by atoms with Gasteiger partial charge in [-0.3, -0.25) is 0 Å². The largest absolute Gasteiger partial charge is 0.337 e. The minimum atomic E-state index is -0.212. The molecule has 148 valence electrons. The Morgan fingerprint density at radius 1 is 1.00 bits per heavy atom. The van der Waals surface area contributed by atoms with Crippen molar-refractivity contribution >= 4 is 6.03 Å². The van der Waals surface area contributed by atoms with Crippen LogP contribution in [0.25, 0.3) is 0 Å². The predicted octanol–water partition coefficient (Wildman–Crippen LogP) is 4.58. The molecule has 3 aromatic rings. The molecule has 1 saturated carbocycles. The Morgan fingerprint density at radius 2 is 1.66 bits per heavy atom. The molecule has 5 rings (SSSR count). The summed E-state index contributed by atoms with van der Waals surface area (Å²) in [5, 5.41) is 7.36. The average Bonchev–Trinajstić information content (AvgIpc) is 3.30. The molecule has 1 N–H and O–H groups in total. The summed E-state index contributed by atoms with van der Waals surface area (Å²) in [4.78, 5) is 19.7. The third-order valence-corrected chi connectivity index (χ3v) is 5.73. The molecule has 2 fully saturated rings. The van der Waals surface area contributed by atoms with E-state index in [0.717, 1.165) is 42.6 Å². The maximum absolute atomic E-state index is 13.3. The van der Waals surface area contributed by atoms with Crippen LogP contribution in [0.5, 0.6) is 0 Å². The van der Waals surface area contributed by atoms with E-state index in [4.69, 9.17) is 4.52 Å². The van der Waals surface area contributed by atoms with E-state index in [1.165, 1.54) is 0 Å². The second kappa shape index (κ2) is 7.70. The molecule has 0 spiro atoms. The van der Waals surface area contributed by atoms with E-state index in [9.17, 15) is 4.79 Å². The first-order valence-corrected chi connectivity index (χ1v) is 10.3. The van der Waals surface area contributed by atoms with Gasteiger partial charge in [0, 0.05) is 12.5 Å². The quantitative estimate of drug-likeness (QED) is 0.694. The number of rotatable bonds is 5. The number of amides is 2. The van der Waals surface area contributed by atoms with Crippen molar-refractivity contribution in [3.63, 3.8) is 0 Å². The van der Waals surface area contributed by atoms with Gasteiger partial charge in [0.15, 0.2) is 5.82 Å². The summed E-state index contributed by atoms with van der Waals surface area (Å²) in [7, 11) is 0. The molecule has 1 atom stereocenters. The summed E-state index contributed by atoms with van der Waals surface area (Å²) in [5.74, 6) is 1.80. The van der Waals surface area contributed by atoms with Crippen molar-refractivity contribution in [2.24, 2.45) is 0 Å². The molecule has 6 heteroatoms. The molecule has 0 radical (unpaired) electrons. The molecule has 1 aromatic heterocycles. The summed E-state index contributed by atoms with van der Waals surface area (Å²) in [6.07, 6.45) is 4.04. The fourth-order valence-corrected chi connectivity index (χ4v) is 4.01. The first-order chi connectivity index (χ1) is 14.3. The highest BCUT2D eigenvalue weighted by Crippen LogP contribution is 2.40. The number of hydrogen-bond donors (Lipinski definition) is 1. The van der Waals surface area contributed by atoms with Crippen molar-refractivity contribution in [1.29, 1.82) is 0 Å². The van der Waals surface area contributed by atoms with Gasteiger partial charge in [0.05, 0.1) is 6.04 Å². The van der Waals surface area contributed by atoms with E-state index in [1.54, 1.807) is 0 Å². The fourth-order valence-electron chi connectivity index (χ4n) is 4.01. The molecule has 1 saturated heterocycles. The fraction of sp³-hybridized carbons (Fsp3) is 0.348. The number of nitrogens with one attached hydrogen (secondary N) is 1. The van der Waals surface area contributed by atoms with Crippen LogP contribution in [0.15, 0.2) is 65.2 Å². The van der Waals surface area contributed by atoms with E-state index in [-0.39, 0.29) is 18.1 Å². The van der Waals surface area contributed by atoms with Crippen molar-refractivity contribution in [3.8, 4) is 0 Å². The SMILES string of the molecule is O=C(NC(c1ccccc1)c1ccccc1)N1CCCC1c1nc(C2CC2)no1. The standard InChI is InChI=1S/C23H24N4O2/c28-23(24-20(16-8-3-1-4-9-16)17-10-5-2-6-11-17)27-15-7-12-19(27)22-25-21(26-29-22)18-13-14-18/h1-6,8-11,18-20H,7,12-15H2,(H,24,28). The molecule has 2 aliphatic rings. The van der Waals surface area contributed by atoms with Gasteiger partial charge in [-0.1, -0.05) is 65.8 Å². The summed E-state index contributed by atoms with van der Waals surface area (Å²) in [6, 6.07) is 19.6. The van der Waals surface area contributed by atoms with Gasteiger partial charge in [-0.25, -0.2) is 4.79 Å². The predicted molar refractivity (Wildman–Crippen MR) is 108 cm³/mol. The normalized spacial score (nSPS) is 18.9. The molecule has 1 aliphatic heterocycles. The van der Waals surface area contributed by atoms with Gasteiger partial charge in [0.2, 0.25) is 5.89 Å². The monoisotopic (exact) mass is 388 g/mol. The van der Waals surface area contributed by atoms with Crippen molar-refractivity contribution < 1.29 is 9.32 Å². The van der Waals surface area contributed by atoms with Crippen LogP contribution in [0.4, 0.5) is 4.79 Å². The van der Waals surface area contributed by atoms with Gasteiger partial charge >= 0.3 is 6.03 Å². The minimum absolute atomic E-state index is 0.101. The lowest BCUT2D eigenvalue weighted by atomic mass is 9.99. The summed E-state index contributed by atoms with van der Waals surface area (Å²) in [5.41, 5.74) is 2.10. The van der Waals surface area contributed by atoms with Crippen LogP contribution in [-0.4, -0.2) is 27.6 Å². The van der Waals surface area contributed by atoms with Gasteiger partial charge < -0.3 is 14.7 Å². The van der Waals surface area contributed by atoms with E-state index in [1.807, 2.05) is 65.6 Å². The molecule has 2 aromatic carbocycles. The van der Waals surface area contributed by atoms with Crippen LogP contribution < -0.4 is 5.32 Å². The molecule has 6 nitrogen and oxygen atoms in total. The van der Waals surface area contributed by atoms with Crippen molar-refractivity contribution in [3.05, 3.63) is 83.5 Å². The zero-order chi connectivity index (χ0) is 19.6. The highest BCUT2D eigenvalue weighted by Gasteiger charge is 2.37. The number of benzene rings is 2. The Balaban J connectivity index is 1.37. The number of nitrogens with zero attached hydrogens (tertiary/aromatic N) is 3. The Kier molecular flexibility index (Phi) is 4.76. The zero-order valence-corrected chi connectivity index (χ0v) is 16.2. The molecule has 2 amide bonds. The van der Waals surface area contributed by atoms with E-state index in [0.29, 0.717) is 18.4 Å². The maximum atomic E-state index is 13.3. The van der Waals surface area contributed by atoms with Crippen molar-refractivity contribution in [2.75, 3.05) is 6.54 Å². The average molecular weight is 388 g/mol. The van der Waals surface area contributed by atoms with Gasteiger partial charge in [0.1, 0.15) is 6.04 Å². The van der Waals surface area contributed by atoms with Crippen LogP contribution >= 0.6 is 0 Å². The lowest BCUT2D eigenvalue weighted by molar-refractivity contribution is 0.178. The number of likely N-dealkylation sites (tertiary alicyclic amines) is 1. The van der Waals surface area contributed by atoms with E-state index in [2.05, 4.69) is 15.5 Å². The Labute approximate surface area is 169 Å². The van der Waals surface area contributed by atoms with Crippen molar-refractivity contribution in [2.45, 2.75) is 43.7 Å². The third kappa shape index (κ3) is 3.75. The molecular formula is C23H24N4O2. The molecule has 1 aliphatic carbocycles. The van der Waals surface area contributed by atoms with Gasteiger partial charge in [0.25, 0.3) is 0 Å². The first-order valence-electron chi connectivity index (χ1n) is 10.3. The Morgan fingerprint density at radius 3 is 2.28 bits per heavy atom. The highest BCUT2D eigenvalue weighted by molar-refractivity contribution is 5.76. The number of hydrogen-bond acceptors (Lipinski definition) is 4. The van der Waals surface area contributed by atoms with Gasteiger partial charge in [-0.05, 0) is 36.8 Å². The highest BCUT2D eigenvalue weighted by atomic mass is 16.5. The third-order valence-electron chi connectivity index (χ3n) is 5.73. The number of aromatic nitrogens is 2. The van der Waals surface area contributed by atoms with Crippen LogP contribution in [0, 0.1) is 0 Å². The van der Waals surface area contributed by atoms with Gasteiger partial charge in [-0.2, -0.15) is 4.98 Å². The number of carbonyl (C=O) groups excluding carboxylic acids is 1. The second-order valence-corrected chi connectivity index (χ2v) is 7.82. The van der Waals surface area contributed by atoms with Crippen LogP contribution in [-0.2, 0) is 0 Å². The first kappa shape index (κ1) is 17.9. The Bertz CT molecular complexity index is 929. The lowest BCUT2D eigenvalue weighted by Crippen LogP contribution is -2.41. The van der Waals surface area contributed by atoms with Crippen LogP contribution in [0.2, 0.25) is 0 Å². The lowest BCUT2D eigenvalue weighted by Gasteiger charge is -2.27. The number of urea groups is 1. The van der Waals surface area contributed by atoms with E-state index >= 15 is 0 Å². The van der Waals surface area contributed by atoms with Crippen LogP contribution in [0.3, 0.4) is 0 Å². The van der Waals surface area contributed by atoms with Crippen LogP contribution in [0.1, 0.15) is 66.5 Å². The Hall–Kier alpha value is -3.15. The molecular weight excluding hydrogens is 364 g/mol. The topological polar surface area (TPSA) is 71.3 Å². The summed E-state index contributed by atoms with van der Waals surface area (Å²) in [6.45, 7) is 0.688. The molecule has 0 bridgehead atoms. The molecule has 29 heavy (non-hydrogen) atoms. The van der Waals surface area contributed by atoms with Crippen molar-refractivity contribution in [1.82, 2.24) is 20.4 Å². The maximum Gasteiger partial charge on any atom is 0.318 e. The second-order valence-electron chi connectivity index (χ2n) is 7.82. The zero-order valence-electron chi connectivity index (χ0n) is 16.2. The molecule has 1 unspecified atom stereocenters. The summed E-state index contributed by atoms with van der Waals surface area (Å²) >= 11 is 0. The smallest absolute Gasteiger partial charge is 0.318 e. The van der Waals surface area contributed by atoms with E-state index < -0.39 is 0 Å². The number of carbonyl (C=O) groups is 1. The summed E-state index contributed by atoms with van der Waals surface area (Å²) < 4.78 is 5.52. The minimum Gasteiger partial charge on any atom is -0.337 e.